The van der Waals surface area contributed by atoms with Gasteiger partial charge in [0.05, 0.1) is 7.11 Å². The van der Waals surface area contributed by atoms with Crippen molar-refractivity contribution in [3.63, 3.8) is 0 Å². The zero-order valence-electron chi connectivity index (χ0n) is 14.0. The summed E-state index contributed by atoms with van der Waals surface area (Å²) in [7, 11) is 3.77. The van der Waals surface area contributed by atoms with Gasteiger partial charge in [-0.05, 0) is 69.9 Å². The SMILES string of the molecule is CNC(C)c1ccc(OC)c(CN2CCCC(C)CC2)c1. The molecule has 1 aliphatic heterocycles. The Bertz CT molecular complexity index is 447. The molecule has 0 aromatic heterocycles. The van der Waals surface area contributed by atoms with Crippen molar-refractivity contribution in [2.24, 2.45) is 5.92 Å². The maximum absolute atomic E-state index is 5.56. The van der Waals surface area contributed by atoms with Gasteiger partial charge in [0, 0.05) is 18.2 Å². The van der Waals surface area contributed by atoms with Gasteiger partial charge in [0.15, 0.2) is 0 Å². The molecule has 3 nitrogen and oxygen atoms in total. The van der Waals surface area contributed by atoms with Crippen molar-refractivity contribution in [2.75, 3.05) is 27.2 Å². The summed E-state index contributed by atoms with van der Waals surface area (Å²) >= 11 is 0. The van der Waals surface area contributed by atoms with Crippen LogP contribution in [0.2, 0.25) is 0 Å². The van der Waals surface area contributed by atoms with Crippen LogP contribution in [0.5, 0.6) is 5.75 Å². The molecule has 3 heteroatoms. The lowest BCUT2D eigenvalue weighted by Gasteiger charge is -2.22. The first-order chi connectivity index (χ1) is 10.1. The standard InChI is InChI=1S/C18H30N2O/c1-14-6-5-10-20(11-9-14)13-17-12-16(15(2)19-3)7-8-18(17)21-4/h7-8,12,14-15,19H,5-6,9-11,13H2,1-4H3. The smallest absolute Gasteiger partial charge is 0.123 e. The Balaban J connectivity index is 2.13. The summed E-state index contributed by atoms with van der Waals surface area (Å²) in [5, 5.41) is 3.31. The summed E-state index contributed by atoms with van der Waals surface area (Å²) in [4.78, 5) is 2.58. The van der Waals surface area contributed by atoms with Gasteiger partial charge < -0.3 is 10.1 Å². The number of hydrogen-bond donors (Lipinski definition) is 1. The fourth-order valence-corrected chi connectivity index (χ4v) is 3.08. The largest absolute Gasteiger partial charge is 0.496 e. The van der Waals surface area contributed by atoms with E-state index in [2.05, 4.69) is 42.3 Å². The lowest BCUT2D eigenvalue weighted by molar-refractivity contribution is 0.268. The van der Waals surface area contributed by atoms with Crippen molar-refractivity contribution in [3.8, 4) is 5.75 Å². The zero-order valence-corrected chi connectivity index (χ0v) is 14.0. The summed E-state index contributed by atoms with van der Waals surface area (Å²) in [5.74, 6) is 1.88. The normalized spacial score (nSPS) is 21.8. The molecule has 0 spiro atoms. The van der Waals surface area contributed by atoms with Crippen LogP contribution in [0.25, 0.3) is 0 Å². The van der Waals surface area contributed by atoms with Crippen LogP contribution < -0.4 is 10.1 Å². The highest BCUT2D eigenvalue weighted by atomic mass is 16.5. The minimum atomic E-state index is 0.374. The van der Waals surface area contributed by atoms with E-state index in [0.717, 1.165) is 18.2 Å². The first-order valence-corrected chi connectivity index (χ1v) is 8.20. The van der Waals surface area contributed by atoms with E-state index in [0.29, 0.717) is 6.04 Å². The van der Waals surface area contributed by atoms with Crippen LogP contribution in [-0.4, -0.2) is 32.1 Å². The molecule has 118 valence electrons. The molecule has 21 heavy (non-hydrogen) atoms. The van der Waals surface area contributed by atoms with E-state index in [4.69, 9.17) is 4.74 Å². The summed E-state index contributed by atoms with van der Waals surface area (Å²) in [5.41, 5.74) is 2.64. The molecule has 2 unspecified atom stereocenters. The number of likely N-dealkylation sites (tertiary alicyclic amines) is 1. The molecule has 1 aliphatic rings. The molecule has 1 aromatic rings. The zero-order chi connectivity index (χ0) is 15.2. The Morgan fingerprint density at radius 1 is 1.33 bits per heavy atom. The predicted octanol–water partition coefficient (Wildman–Crippen LogP) is 3.60. The monoisotopic (exact) mass is 290 g/mol. The van der Waals surface area contributed by atoms with Crippen molar-refractivity contribution < 1.29 is 4.74 Å². The second-order valence-electron chi connectivity index (χ2n) is 6.39. The number of methoxy groups -OCH3 is 1. The third kappa shape index (κ3) is 4.45. The van der Waals surface area contributed by atoms with Crippen LogP contribution in [0.15, 0.2) is 18.2 Å². The number of nitrogens with one attached hydrogen (secondary N) is 1. The minimum absolute atomic E-state index is 0.374. The molecule has 0 aliphatic carbocycles. The molecule has 0 saturated carbocycles. The number of rotatable bonds is 5. The van der Waals surface area contributed by atoms with Crippen LogP contribution in [0.3, 0.4) is 0 Å². The number of ether oxygens (including phenoxy) is 1. The van der Waals surface area contributed by atoms with Gasteiger partial charge in [-0.1, -0.05) is 13.0 Å². The molecule has 0 bridgehead atoms. The number of benzene rings is 1. The second kappa shape index (κ2) is 7.81. The Hall–Kier alpha value is -1.06. The van der Waals surface area contributed by atoms with E-state index in [9.17, 15) is 0 Å². The molecule has 1 saturated heterocycles. The second-order valence-corrected chi connectivity index (χ2v) is 6.39. The van der Waals surface area contributed by atoms with E-state index in [1.54, 1.807) is 7.11 Å². The fraction of sp³-hybridized carbons (Fsp3) is 0.667. The highest BCUT2D eigenvalue weighted by Gasteiger charge is 2.16. The van der Waals surface area contributed by atoms with Gasteiger partial charge in [0.1, 0.15) is 5.75 Å². The average Bonchev–Trinajstić information content (AvgIpc) is 2.71. The lowest BCUT2D eigenvalue weighted by Crippen LogP contribution is -2.24. The van der Waals surface area contributed by atoms with Gasteiger partial charge in [-0.25, -0.2) is 0 Å². The van der Waals surface area contributed by atoms with Crippen molar-refractivity contribution in [1.82, 2.24) is 10.2 Å². The molecular weight excluding hydrogens is 260 g/mol. The quantitative estimate of drug-likeness (QED) is 0.897. The number of nitrogens with zero attached hydrogens (tertiary/aromatic N) is 1. The Morgan fingerprint density at radius 3 is 2.86 bits per heavy atom. The molecular formula is C18H30N2O. The first kappa shape index (κ1) is 16.3. The van der Waals surface area contributed by atoms with Crippen molar-refractivity contribution in [3.05, 3.63) is 29.3 Å². The summed E-state index contributed by atoms with van der Waals surface area (Å²) < 4.78 is 5.56. The third-order valence-electron chi connectivity index (χ3n) is 4.74. The molecule has 0 radical (unpaired) electrons. The molecule has 2 atom stereocenters. The van der Waals surface area contributed by atoms with Crippen LogP contribution >= 0.6 is 0 Å². The van der Waals surface area contributed by atoms with Crippen LogP contribution in [-0.2, 0) is 6.54 Å². The highest BCUT2D eigenvalue weighted by molar-refractivity contribution is 5.38. The molecule has 1 fully saturated rings. The summed E-state index contributed by atoms with van der Waals surface area (Å²) in [6.07, 6.45) is 4.00. The lowest BCUT2D eigenvalue weighted by atomic mass is 10.0. The molecule has 0 amide bonds. The first-order valence-electron chi connectivity index (χ1n) is 8.20. The third-order valence-corrected chi connectivity index (χ3v) is 4.74. The van der Waals surface area contributed by atoms with Crippen LogP contribution in [0.1, 0.15) is 50.3 Å². The number of hydrogen-bond acceptors (Lipinski definition) is 3. The van der Waals surface area contributed by atoms with Crippen molar-refractivity contribution >= 4 is 0 Å². The van der Waals surface area contributed by atoms with Gasteiger partial charge in [-0.3, -0.25) is 4.90 Å². The predicted molar refractivity (Wildman–Crippen MR) is 88.8 cm³/mol. The molecule has 2 rings (SSSR count). The van der Waals surface area contributed by atoms with E-state index in [-0.39, 0.29) is 0 Å². The Labute approximate surface area is 129 Å². The van der Waals surface area contributed by atoms with E-state index >= 15 is 0 Å². The Kier molecular flexibility index (Phi) is 6.07. The topological polar surface area (TPSA) is 24.5 Å². The maximum atomic E-state index is 5.56. The van der Waals surface area contributed by atoms with Gasteiger partial charge >= 0.3 is 0 Å². The van der Waals surface area contributed by atoms with Crippen molar-refractivity contribution in [1.29, 1.82) is 0 Å². The minimum Gasteiger partial charge on any atom is -0.496 e. The molecule has 1 heterocycles. The maximum Gasteiger partial charge on any atom is 0.123 e. The fourth-order valence-electron chi connectivity index (χ4n) is 3.08. The summed E-state index contributed by atoms with van der Waals surface area (Å²) in [6, 6.07) is 6.94. The van der Waals surface area contributed by atoms with Gasteiger partial charge in [-0.2, -0.15) is 0 Å². The van der Waals surface area contributed by atoms with Crippen LogP contribution in [0.4, 0.5) is 0 Å². The summed E-state index contributed by atoms with van der Waals surface area (Å²) in [6.45, 7) is 7.98. The van der Waals surface area contributed by atoms with Crippen LogP contribution in [0, 0.1) is 5.92 Å². The Morgan fingerprint density at radius 2 is 2.14 bits per heavy atom. The van der Waals surface area contributed by atoms with Gasteiger partial charge in [0.25, 0.3) is 0 Å². The van der Waals surface area contributed by atoms with E-state index in [1.807, 2.05) is 7.05 Å². The van der Waals surface area contributed by atoms with Crippen molar-refractivity contribution in [2.45, 2.75) is 45.7 Å². The van der Waals surface area contributed by atoms with E-state index < -0.39 is 0 Å². The average molecular weight is 290 g/mol. The van der Waals surface area contributed by atoms with Gasteiger partial charge in [0.2, 0.25) is 0 Å². The van der Waals surface area contributed by atoms with E-state index in [1.165, 1.54) is 43.5 Å². The van der Waals surface area contributed by atoms with Gasteiger partial charge in [-0.15, -0.1) is 0 Å². The molecule has 1 aromatic carbocycles. The highest BCUT2D eigenvalue weighted by Crippen LogP contribution is 2.26. The molecule has 1 N–H and O–H groups in total.